The molecule has 2 heteroatoms. The van der Waals surface area contributed by atoms with Crippen LogP contribution in [0.15, 0.2) is 0 Å². The number of aliphatic carboxylic acids is 1. The summed E-state index contributed by atoms with van der Waals surface area (Å²) in [4.78, 5) is 10.5. The molecule has 1 N–H and O–H groups in total. The van der Waals surface area contributed by atoms with E-state index in [1.54, 1.807) is 0 Å². The Morgan fingerprint density at radius 2 is 1.54 bits per heavy atom. The largest absolute Gasteiger partial charge is 0.481 e. The molecule has 0 saturated heterocycles. The molecule has 0 radical (unpaired) electrons. The minimum Gasteiger partial charge on any atom is -0.481 e. The summed E-state index contributed by atoms with van der Waals surface area (Å²) >= 11 is 0. The molecule has 0 aromatic heterocycles. The molecule has 0 bridgehead atoms. The molecule has 0 aliphatic heterocycles. The van der Waals surface area contributed by atoms with Crippen LogP contribution in [-0.2, 0) is 4.79 Å². The van der Waals surface area contributed by atoms with Crippen LogP contribution in [0.1, 0.15) is 53.9 Å². The third kappa shape index (κ3) is 7.82. The summed E-state index contributed by atoms with van der Waals surface area (Å²) < 4.78 is 0. The van der Waals surface area contributed by atoms with Gasteiger partial charge in [0.15, 0.2) is 0 Å². The fourth-order valence-corrected chi connectivity index (χ4v) is 1.21. The smallest absolute Gasteiger partial charge is 0.303 e. The van der Waals surface area contributed by atoms with Gasteiger partial charge < -0.3 is 5.11 Å². The third-order valence-electron chi connectivity index (χ3n) is 2.18. The van der Waals surface area contributed by atoms with Crippen LogP contribution in [0.3, 0.4) is 0 Å². The lowest BCUT2D eigenvalue weighted by Gasteiger charge is -2.27. The first-order valence-electron chi connectivity index (χ1n) is 4.84. The molecule has 78 valence electrons. The lowest BCUT2D eigenvalue weighted by Crippen LogP contribution is -2.19. The quantitative estimate of drug-likeness (QED) is 0.731. The maximum Gasteiger partial charge on any atom is 0.303 e. The first-order chi connectivity index (χ1) is 5.62. The van der Waals surface area contributed by atoms with Gasteiger partial charge in [0, 0.05) is 0 Å². The lowest BCUT2D eigenvalue weighted by molar-refractivity contribution is -0.139. The van der Waals surface area contributed by atoms with Gasteiger partial charge >= 0.3 is 5.97 Å². The summed E-state index contributed by atoms with van der Waals surface area (Å²) in [5.41, 5.74) is 0.231. The third-order valence-corrected chi connectivity index (χ3v) is 2.18. The van der Waals surface area contributed by atoms with E-state index in [2.05, 4.69) is 20.8 Å². The molecule has 0 aromatic rings. The Morgan fingerprint density at radius 3 is 1.85 bits per heavy atom. The molecule has 0 atom stereocenters. The number of rotatable bonds is 4. The zero-order valence-corrected chi connectivity index (χ0v) is 9.48. The van der Waals surface area contributed by atoms with Crippen molar-refractivity contribution >= 4 is 5.97 Å². The van der Waals surface area contributed by atoms with Crippen LogP contribution in [-0.4, -0.2) is 11.1 Å². The predicted octanol–water partition coefficient (Wildman–Crippen LogP) is 3.31. The van der Waals surface area contributed by atoms with Gasteiger partial charge in [0.05, 0.1) is 6.42 Å². The molecule has 13 heavy (non-hydrogen) atoms. The maximum absolute atomic E-state index is 10.5. The van der Waals surface area contributed by atoms with Crippen LogP contribution in [0.25, 0.3) is 0 Å². The van der Waals surface area contributed by atoms with Crippen LogP contribution < -0.4 is 0 Å². The predicted molar refractivity (Wildman–Crippen MR) is 54.7 cm³/mol. The van der Waals surface area contributed by atoms with E-state index in [1.165, 1.54) is 0 Å². The highest BCUT2D eigenvalue weighted by molar-refractivity contribution is 5.67. The van der Waals surface area contributed by atoms with Crippen LogP contribution >= 0.6 is 0 Å². The number of carboxylic acid groups (broad SMARTS) is 1. The summed E-state index contributed by atoms with van der Waals surface area (Å²) in [5.74, 6) is -0.695. The van der Waals surface area contributed by atoms with Gasteiger partial charge in [0.1, 0.15) is 0 Å². The van der Waals surface area contributed by atoms with Crippen molar-refractivity contribution in [2.75, 3.05) is 0 Å². The van der Waals surface area contributed by atoms with Gasteiger partial charge in [-0.2, -0.15) is 0 Å². The molecule has 0 aliphatic rings. The van der Waals surface area contributed by atoms with E-state index in [0.29, 0.717) is 5.41 Å². The molecule has 0 unspecified atom stereocenters. The van der Waals surface area contributed by atoms with Crippen LogP contribution in [0.2, 0.25) is 0 Å². The minimum absolute atomic E-state index is 0.0703. The van der Waals surface area contributed by atoms with Crippen molar-refractivity contribution in [1.29, 1.82) is 0 Å². The molecule has 0 aromatic carbocycles. The van der Waals surface area contributed by atoms with Gasteiger partial charge in [0.2, 0.25) is 0 Å². The monoisotopic (exact) mass is 186 g/mol. The summed E-state index contributed by atoms with van der Waals surface area (Å²) in [7, 11) is 0. The van der Waals surface area contributed by atoms with E-state index in [0.717, 1.165) is 12.8 Å². The molecule has 0 amide bonds. The fourth-order valence-electron chi connectivity index (χ4n) is 1.21. The molecule has 0 heterocycles. The highest BCUT2D eigenvalue weighted by Crippen LogP contribution is 2.32. The van der Waals surface area contributed by atoms with E-state index < -0.39 is 5.97 Å². The van der Waals surface area contributed by atoms with Crippen molar-refractivity contribution < 1.29 is 9.90 Å². The topological polar surface area (TPSA) is 37.3 Å². The number of hydrogen-bond donors (Lipinski definition) is 1. The Hall–Kier alpha value is -0.530. The first-order valence-corrected chi connectivity index (χ1v) is 4.84. The standard InChI is InChI=1S/C11H22O2/c1-10(2,3)6-7-11(4,5)8-9(12)13/h6-8H2,1-5H3,(H,12,13). The second-order valence-electron chi connectivity index (χ2n) is 5.80. The Labute approximate surface area is 81.3 Å². The average molecular weight is 186 g/mol. The Kier molecular flexibility index (Phi) is 3.95. The Morgan fingerprint density at radius 1 is 1.08 bits per heavy atom. The molecular formula is C11H22O2. The van der Waals surface area contributed by atoms with Crippen molar-refractivity contribution in [3.8, 4) is 0 Å². The molecular weight excluding hydrogens is 164 g/mol. The molecule has 0 fully saturated rings. The minimum atomic E-state index is -0.695. The van der Waals surface area contributed by atoms with E-state index in [1.807, 2.05) is 13.8 Å². The van der Waals surface area contributed by atoms with Crippen molar-refractivity contribution in [3.63, 3.8) is 0 Å². The highest BCUT2D eigenvalue weighted by Gasteiger charge is 2.24. The highest BCUT2D eigenvalue weighted by atomic mass is 16.4. The van der Waals surface area contributed by atoms with Gasteiger partial charge in [0.25, 0.3) is 0 Å². The average Bonchev–Trinajstić information content (AvgIpc) is 1.79. The SMILES string of the molecule is CC(C)(C)CCC(C)(C)CC(=O)O. The van der Waals surface area contributed by atoms with Crippen molar-refractivity contribution in [2.45, 2.75) is 53.9 Å². The van der Waals surface area contributed by atoms with Crippen LogP contribution in [0.5, 0.6) is 0 Å². The Bertz CT molecular complexity index is 175. The number of hydrogen-bond acceptors (Lipinski definition) is 1. The second kappa shape index (κ2) is 4.12. The van der Waals surface area contributed by atoms with E-state index in [4.69, 9.17) is 5.11 Å². The summed E-state index contributed by atoms with van der Waals surface area (Å²) in [6, 6.07) is 0. The zero-order valence-electron chi connectivity index (χ0n) is 9.48. The first kappa shape index (κ1) is 12.5. The van der Waals surface area contributed by atoms with Crippen molar-refractivity contribution in [3.05, 3.63) is 0 Å². The molecule has 0 saturated carbocycles. The van der Waals surface area contributed by atoms with Crippen molar-refractivity contribution in [2.24, 2.45) is 10.8 Å². The van der Waals surface area contributed by atoms with Gasteiger partial charge in [-0.1, -0.05) is 34.6 Å². The van der Waals surface area contributed by atoms with Crippen molar-refractivity contribution in [1.82, 2.24) is 0 Å². The molecule has 2 nitrogen and oxygen atoms in total. The normalized spacial score (nSPS) is 13.0. The molecule has 0 rings (SSSR count). The second-order valence-corrected chi connectivity index (χ2v) is 5.80. The molecule has 0 spiro atoms. The number of carbonyl (C=O) groups is 1. The number of carboxylic acids is 1. The van der Waals surface area contributed by atoms with Gasteiger partial charge in [-0.15, -0.1) is 0 Å². The fraction of sp³-hybridized carbons (Fsp3) is 0.909. The summed E-state index contributed by atoms with van der Waals surface area (Å²) in [6.07, 6.45) is 2.32. The summed E-state index contributed by atoms with van der Waals surface area (Å²) in [5, 5.41) is 8.68. The van der Waals surface area contributed by atoms with E-state index >= 15 is 0 Å². The maximum atomic E-state index is 10.5. The van der Waals surface area contributed by atoms with Crippen LogP contribution in [0.4, 0.5) is 0 Å². The zero-order chi connectivity index (χ0) is 10.7. The molecule has 0 aliphatic carbocycles. The summed E-state index contributed by atoms with van der Waals surface area (Å²) in [6.45, 7) is 10.6. The Balaban J connectivity index is 3.96. The van der Waals surface area contributed by atoms with Gasteiger partial charge in [-0.25, -0.2) is 0 Å². The van der Waals surface area contributed by atoms with Gasteiger partial charge in [-0.3, -0.25) is 4.79 Å². The van der Waals surface area contributed by atoms with E-state index in [-0.39, 0.29) is 11.8 Å². The lowest BCUT2D eigenvalue weighted by atomic mass is 9.78. The van der Waals surface area contributed by atoms with E-state index in [9.17, 15) is 4.79 Å². The van der Waals surface area contributed by atoms with Crippen LogP contribution in [0, 0.1) is 10.8 Å². The van der Waals surface area contributed by atoms with Gasteiger partial charge in [-0.05, 0) is 23.7 Å².